The first-order valence-electron chi connectivity index (χ1n) is 45.9. The van der Waals surface area contributed by atoms with E-state index in [-0.39, 0.29) is 203 Å². The summed E-state index contributed by atoms with van der Waals surface area (Å²) in [6.45, 7) is 2.60. The van der Waals surface area contributed by atoms with E-state index in [1.165, 1.54) is 27.7 Å². The molecule has 11 amide bonds. The van der Waals surface area contributed by atoms with Crippen LogP contribution in [0.5, 0.6) is 0 Å². The maximum Gasteiger partial charge on any atom is 0.243 e. The Hall–Kier alpha value is -7.07. The maximum absolute atomic E-state index is 14.9. The number of ether oxygens (including phenoxy) is 17. The number of aliphatic hydroxyl groups excluding tert-OH is 13. The first-order valence-corrected chi connectivity index (χ1v) is 45.9. The number of hydrogen-bond acceptors (Lipinski definition) is 42. The summed E-state index contributed by atoms with van der Waals surface area (Å²) >= 11 is 0. The van der Waals surface area contributed by atoms with Crippen molar-refractivity contribution in [3.8, 4) is 0 Å². The molecule has 784 valence electrons. The average molecular weight is 1970 g/mol. The second kappa shape index (κ2) is 65.8. The van der Waals surface area contributed by atoms with Crippen LogP contribution in [-0.2, 0) is 133 Å². The van der Waals surface area contributed by atoms with Gasteiger partial charge in [0.1, 0.15) is 116 Å². The Bertz CT molecular complexity index is 3490. The van der Waals surface area contributed by atoms with Gasteiger partial charge < -0.3 is 205 Å². The van der Waals surface area contributed by atoms with Crippen LogP contribution in [0.4, 0.5) is 0 Å². The quantitative estimate of drug-likeness (QED) is 0.0251. The van der Waals surface area contributed by atoms with Gasteiger partial charge in [-0.25, -0.2) is 0 Å². The van der Waals surface area contributed by atoms with Crippen LogP contribution in [0.15, 0.2) is 0 Å². The van der Waals surface area contributed by atoms with Crippen molar-refractivity contribution in [2.45, 2.75) is 245 Å². The number of amides is 11. The molecule has 6 aliphatic rings. The summed E-state index contributed by atoms with van der Waals surface area (Å²) in [4.78, 5) is 149. The lowest BCUT2D eigenvalue weighted by Gasteiger charge is -2.42. The minimum absolute atomic E-state index is 0.000714. The molecule has 0 aromatic heterocycles. The van der Waals surface area contributed by atoms with Crippen LogP contribution < -0.4 is 58.5 Å². The van der Waals surface area contributed by atoms with Crippen molar-refractivity contribution in [3.05, 3.63) is 0 Å². The van der Waals surface area contributed by atoms with Crippen LogP contribution in [0.25, 0.3) is 0 Å². The number of rotatable bonds is 66. The lowest BCUT2D eigenvalue weighted by atomic mass is 9.84. The minimum atomic E-state index is -1.55. The fraction of sp³-hybridized carbons (Fsp3) is 0.867. The average Bonchev–Trinajstić information content (AvgIpc) is 0.819. The van der Waals surface area contributed by atoms with Crippen LogP contribution in [0, 0.1) is 5.92 Å². The summed E-state index contributed by atoms with van der Waals surface area (Å²) in [6.07, 6.45) is -22.8. The Labute approximate surface area is 786 Å². The van der Waals surface area contributed by atoms with Gasteiger partial charge in [-0.3, -0.25) is 57.6 Å². The molecule has 0 bridgehead atoms. The highest BCUT2D eigenvalue weighted by Gasteiger charge is 2.50. The first kappa shape index (κ1) is 118. The van der Waals surface area contributed by atoms with E-state index in [2.05, 4.69) is 63.4 Å². The third-order valence-electron chi connectivity index (χ3n) is 22.6. The van der Waals surface area contributed by atoms with E-state index in [4.69, 9.17) is 80.5 Å². The molecule has 0 spiro atoms. The highest BCUT2D eigenvalue weighted by Crippen LogP contribution is 2.31. The van der Waals surface area contributed by atoms with E-state index in [1.54, 1.807) is 0 Å². The lowest BCUT2D eigenvalue weighted by Crippen LogP contribution is -2.64. The molecular weight excluding hydrogens is 1820 g/mol. The van der Waals surface area contributed by atoms with Crippen molar-refractivity contribution >= 4 is 65.0 Å². The topological polar surface area (TPSA) is 743 Å². The molecule has 0 radical (unpaired) electrons. The minimum Gasteiger partial charge on any atom is -0.394 e. The Morgan fingerprint density at radius 1 is 0.331 bits per heavy atom. The Kier molecular flexibility index (Phi) is 57.0. The van der Waals surface area contributed by atoms with E-state index in [1.807, 2.05) is 0 Å². The molecule has 6 fully saturated rings. The van der Waals surface area contributed by atoms with Crippen LogP contribution in [0.1, 0.15) is 91.9 Å². The van der Waals surface area contributed by atoms with Crippen LogP contribution in [-0.4, -0.2) is 500 Å². The zero-order valence-corrected chi connectivity index (χ0v) is 77.4. The number of nitrogens with zero attached hydrogens (tertiary/aromatic N) is 1. The van der Waals surface area contributed by atoms with Crippen LogP contribution in [0.2, 0.25) is 0 Å². The molecule has 53 heteroatoms. The first-order chi connectivity index (χ1) is 65.3. The van der Waals surface area contributed by atoms with E-state index in [0.717, 1.165) is 0 Å². The van der Waals surface area contributed by atoms with Crippen molar-refractivity contribution in [1.29, 1.82) is 0 Å². The SMILES string of the molecule is CC(=O)NC1C(OCCOCCOCCNC(=O)CC[C@@H](NC(=O)CC[C@H](NC(=O)C2CCC(N3CCO[C@H](CO)C3)CC2)C(=O)N[C@H](CCC(=O)NCCOCCOCCOC2OC(CO)C(O)C(O)C2NC(C)=O)C(=O)NCCOCCOCCOC2OC(CO)C(O)C(O)C2NC(C)=O)C(=O)NCCOCCOCCOC2OC(CO)C(O)C(O)C2NC(C)=O)OC(CO)C(O)C1O. The van der Waals surface area contributed by atoms with Gasteiger partial charge in [0, 0.05) is 98.2 Å². The van der Waals surface area contributed by atoms with Crippen molar-refractivity contribution in [2.24, 2.45) is 5.92 Å². The zero-order chi connectivity index (χ0) is 99.4. The van der Waals surface area contributed by atoms with E-state index < -0.39 is 251 Å². The maximum atomic E-state index is 14.9. The van der Waals surface area contributed by atoms with Gasteiger partial charge in [-0.2, -0.15) is 0 Å². The zero-order valence-electron chi connectivity index (χ0n) is 77.4. The van der Waals surface area contributed by atoms with E-state index in [9.17, 15) is 119 Å². The van der Waals surface area contributed by atoms with Gasteiger partial charge in [-0.05, 0) is 44.9 Å². The molecule has 136 heavy (non-hydrogen) atoms. The number of carbonyl (C=O) groups is 11. The summed E-state index contributed by atoms with van der Waals surface area (Å²) < 4.78 is 95.5. The Morgan fingerprint density at radius 2 is 0.618 bits per heavy atom. The van der Waals surface area contributed by atoms with Crippen molar-refractivity contribution in [2.75, 3.05) is 211 Å². The van der Waals surface area contributed by atoms with Gasteiger partial charge in [0.25, 0.3) is 0 Å². The van der Waals surface area contributed by atoms with Crippen molar-refractivity contribution in [1.82, 2.24) is 63.4 Å². The van der Waals surface area contributed by atoms with Gasteiger partial charge in [0.05, 0.1) is 178 Å². The Balaban J connectivity index is 1.09. The predicted octanol–water partition coefficient (Wildman–Crippen LogP) is -13.5. The molecule has 1 aliphatic carbocycles. The molecule has 53 nitrogen and oxygen atoms in total. The molecule has 24 atom stereocenters. The summed E-state index contributed by atoms with van der Waals surface area (Å²) in [5.41, 5.74) is 0. The Morgan fingerprint density at radius 3 is 0.926 bits per heavy atom. The largest absolute Gasteiger partial charge is 0.394 e. The third kappa shape index (κ3) is 42.4. The fourth-order valence-electron chi connectivity index (χ4n) is 15.4. The van der Waals surface area contributed by atoms with Crippen LogP contribution >= 0.6 is 0 Å². The molecule has 5 aliphatic heterocycles. The van der Waals surface area contributed by atoms with Gasteiger partial charge >= 0.3 is 0 Å². The highest BCUT2D eigenvalue weighted by atomic mass is 16.7. The molecule has 1 saturated carbocycles. The van der Waals surface area contributed by atoms with Gasteiger partial charge in [-0.15, -0.1) is 0 Å². The third-order valence-corrected chi connectivity index (χ3v) is 22.6. The van der Waals surface area contributed by atoms with E-state index in [0.29, 0.717) is 45.4 Å². The summed E-state index contributed by atoms with van der Waals surface area (Å²) in [6, 6.07) is -9.08. The van der Waals surface area contributed by atoms with Gasteiger partial charge in [0.2, 0.25) is 65.0 Å². The van der Waals surface area contributed by atoms with Crippen LogP contribution in [0.3, 0.4) is 0 Å². The summed E-state index contributed by atoms with van der Waals surface area (Å²) in [5.74, 6) is -7.81. The molecule has 0 aromatic carbocycles. The molecule has 20 unspecified atom stereocenters. The molecule has 24 N–H and O–H groups in total. The molecule has 0 aromatic rings. The van der Waals surface area contributed by atoms with Crippen molar-refractivity contribution < 1.29 is 200 Å². The lowest BCUT2D eigenvalue weighted by molar-refractivity contribution is -0.272. The second-order valence-corrected chi connectivity index (χ2v) is 32.9. The smallest absolute Gasteiger partial charge is 0.243 e. The number of aliphatic hydroxyl groups is 13. The number of nitrogens with one attached hydrogen (secondary N) is 11. The molecule has 5 saturated heterocycles. The monoisotopic (exact) mass is 1970 g/mol. The standard InChI is InChI=1S/C83H146N12O41/c1-47(101)88-64-72(112)68(108)57(43-97)133-80(64)129-37-33-124-29-25-120-20-15-84-61(105)12-9-54(77(117)86-17-22-122-27-31-126-35-39-131-82-66(90-49(3)103)74(114)70(110)59(45-99)135-82)92-63(107)14-11-56(93-76(116)51-5-7-52(8-6-51)95-19-24-128-53(41-95)42-96)79(119)94-55(78(118)87-18-23-123-28-32-127-36-40-132-83-67(91-50(4)104)75(115)71(111)60(46-100)136-83)10-13-62(106)85-16-21-121-26-30-125-34-38-130-81-65(89-48(2)102)73(113)69(109)58(44-98)134-81/h51-60,64-75,80-83,96-100,108-115H,5-46H2,1-4H3,(H,84,105)(H,85,106)(H,86,117)(H,87,118)(H,88,101)(H,89,102)(H,90,103)(H,91,104)(H,92,107)(H,93,116)(H,94,119)/t51?,52?,53-,54+,55+,56-,57?,58?,59?,60?,64?,65?,66?,67?,68?,69?,70?,71?,72?,73?,74?,75?,80?,81?,82?,83?/m0/s1. The number of carbonyl (C=O) groups excluding carboxylic acids is 11. The molecular formula is C83H146N12O41. The van der Waals surface area contributed by atoms with Gasteiger partial charge in [0.15, 0.2) is 25.2 Å². The second-order valence-electron chi connectivity index (χ2n) is 32.9. The fourth-order valence-corrected chi connectivity index (χ4v) is 15.4. The molecule has 6 rings (SSSR count). The van der Waals surface area contributed by atoms with E-state index >= 15 is 0 Å². The predicted molar refractivity (Wildman–Crippen MR) is 461 cm³/mol. The summed E-state index contributed by atoms with van der Waals surface area (Å²) in [7, 11) is 0. The summed E-state index contributed by atoms with van der Waals surface area (Å²) in [5, 5.41) is 161. The number of morpholine rings is 1. The van der Waals surface area contributed by atoms with Crippen molar-refractivity contribution in [3.63, 3.8) is 0 Å². The molecule has 5 heterocycles. The normalized spacial score (nSPS) is 28.8. The number of hydrogen-bond donors (Lipinski definition) is 24. The van der Waals surface area contributed by atoms with Gasteiger partial charge in [-0.1, -0.05) is 0 Å². The highest BCUT2D eigenvalue weighted by molar-refractivity contribution is 5.94.